The van der Waals surface area contributed by atoms with Gasteiger partial charge in [-0.1, -0.05) is 11.8 Å². The van der Waals surface area contributed by atoms with E-state index in [4.69, 9.17) is 18.9 Å². The topological polar surface area (TPSA) is 126 Å². The molecule has 12 heteroatoms. The number of nitrogens with one attached hydrogen (secondary N) is 1. The number of nitrogens with zero attached hydrogens (tertiary/aromatic N) is 4. The zero-order valence-corrected chi connectivity index (χ0v) is 21.4. The number of aromatic nitrogens is 3. The van der Waals surface area contributed by atoms with E-state index in [1.165, 1.54) is 32.0 Å². The molecule has 0 aliphatic carbocycles. The SMILES string of the molecule is CCn1c(SCC(=O)N/N=C/c2ccc(OC(C)=O)c(OC)c2)nnc1-c1ccc(OC)c(OC)c1. The van der Waals surface area contributed by atoms with Gasteiger partial charge in [0.2, 0.25) is 0 Å². The van der Waals surface area contributed by atoms with Crippen molar-refractivity contribution in [3.8, 4) is 34.4 Å². The zero-order valence-electron chi connectivity index (χ0n) is 20.6. The minimum Gasteiger partial charge on any atom is -0.493 e. The highest BCUT2D eigenvalue weighted by Gasteiger charge is 2.16. The van der Waals surface area contributed by atoms with Crippen LogP contribution in [0.5, 0.6) is 23.0 Å². The molecule has 190 valence electrons. The largest absolute Gasteiger partial charge is 0.493 e. The molecule has 0 atom stereocenters. The van der Waals surface area contributed by atoms with Crippen LogP contribution in [0.1, 0.15) is 19.4 Å². The van der Waals surface area contributed by atoms with Crippen molar-refractivity contribution in [3.63, 3.8) is 0 Å². The lowest BCUT2D eigenvalue weighted by Gasteiger charge is -2.10. The van der Waals surface area contributed by atoms with Crippen molar-refractivity contribution >= 4 is 29.9 Å². The number of carbonyl (C=O) groups is 2. The monoisotopic (exact) mass is 513 g/mol. The van der Waals surface area contributed by atoms with Crippen LogP contribution in [0.15, 0.2) is 46.7 Å². The third-order valence-corrected chi connectivity index (χ3v) is 5.82. The van der Waals surface area contributed by atoms with Gasteiger partial charge in [-0.15, -0.1) is 10.2 Å². The molecule has 0 bridgehead atoms. The van der Waals surface area contributed by atoms with Crippen molar-refractivity contribution in [2.75, 3.05) is 27.1 Å². The summed E-state index contributed by atoms with van der Waals surface area (Å²) in [5, 5.41) is 13.1. The first-order chi connectivity index (χ1) is 17.4. The van der Waals surface area contributed by atoms with E-state index >= 15 is 0 Å². The second-order valence-electron chi connectivity index (χ2n) is 7.21. The van der Waals surface area contributed by atoms with Gasteiger partial charge in [-0.05, 0) is 48.9 Å². The zero-order chi connectivity index (χ0) is 26.1. The maximum atomic E-state index is 12.3. The van der Waals surface area contributed by atoms with Crippen LogP contribution in [0.25, 0.3) is 11.4 Å². The third kappa shape index (κ3) is 6.54. The Morgan fingerprint density at radius 3 is 2.36 bits per heavy atom. The van der Waals surface area contributed by atoms with Gasteiger partial charge in [0.1, 0.15) is 0 Å². The Balaban J connectivity index is 1.62. The van der Waals surface area contributed by atoms with Gasteiger partial charge in [-0.3, -0.25) is 9.59 Å². The van der Waals surface area contributed by atoms with Crippen molar-refractivity contribution in [3.05, 3.63) is 42.0 Å². The van der Waals surface area contributed by atoms with Crippen molar-refractivity contribution in [1.29, 1.82) is 0 Å². The number of esters is 1. The van der Waals surface area contributed by atoms with E-state index < -0.39 is 5.97 Å². The van der Waals surface area contributed by atoms with Gasteiger partial charge in [0.05, 0.1) is 33.3 Å². The minimum absolute atomic E-state index is 0.0934. The normalized spacial score (nSPS) is 10.8. The maximum Gasteiger partial charge on any atom is 0.308 e. The number of amides is 1. The number of benzene rings is 2. The Kier molecular flexibility index (Phi) is 9.28. The smallest absolute Gasteiger partial charge is 0.308 e. The van der Waals surface area contributed by atoms with Crippen LogP contribution in [0, 0.1) is 0 Å². The summed E-state index contributed by atoms with van der Waals surface area (Å²) in [5.41, 5.74) is 3.96. The fraction of sp³-hybridized carbons (Fsp3) is 0.292. The highest BCUT2D eigenvalue weighted by atomic mass is 32.2. The van der Waals surface area contributed by atoms with Crippen molar-refractivity contribution < 1.29 is 28.5 Å². The Labute approximate surface area is 212 Å². The molecule has 1 aromatic heterocycles. The summed E-state index contributed by atoms with van der Waals surface area (Å²) in [6.45, 7) is 3.90. The highest BCUT2D eigenvalue weighted by molar-refractivity contribution is 7.99. The van der Waals surface area contributed by atoms with E-state index in [9.17, 15) is 9.59 Å². The molecule has 0 aliphatic rings. The van der Waals surface area contributed by atoms with E-state index in [0.717, 1.165) is 5.56 Å². The molecule has 0 unspecified atom stereocenters. The predicted octanol–water partition coefficient (Wildman–Crippen LogP) is 3.16. The number of hydrazone groups is 1. The fourth-order valence-electron chi connectivity index (χ4n) is 3.21. The van der Waals surface area contributed by atoms with Crippen molar-refractivity contribution in [2.45, 2.75) is 25.5 Å². The molecule has 0 spiro atoms. The fourth-order valence-corrected chi connectivity index (χ4v) is 4.01. The Bertz CT molecular complexity index is 1260. The van der Waals surface area contributed by atoms with E-state index in [-0.39, 0.29) is 11.7 Å². The molecular weight excluding hydrogens is 486 g/mol. The van der Waals surface area contributed by atoms with E-state index in [2.05, 4.69) is 20.7 Å². The number of methoxy groups -OCH3 is 3. The standard InChI is InChI=1S/C24H27N5O6S/c1-6-29-23(17-8-10-18(32-3)21(12-17)34-5)27-28-24(29)36-14-22(31)26-25-13-16-7-9-19(35-15(2)30)20(11-16)33-4/h7-13H,6,14H2,1-5H3,(H,26,31)/b25-13+. The van der Waals surface area contributed by atoms with Crippen LogP contribution in [0.3, 0.4) is 0 Å². The van der Waals surface area contributed by atoms with Crippen LogP contribution >= 0.6 is 11.8 Å². The first-order valence-electron chi connectivity index (χ1n) is 10.9. The lowest BCUT2D eigenvalue weighted by molar-refractivity contribution is -0.132. The van der Waals surface area contributed by atoms with Gasteiger partial charge in [0.15, 0.2) is 34.0 Å². The number of carbonyl (C=O) groups excluding carboxylic acids is 2. The summed E-state index contributed by atoms with van der Waals surface area (Å²) in [7, 11) is 4.62. The third-order valence-electron chi connectivity index (χ3n) is 4.85. The lowest BCUT2D eigenvalue weighted by atomic mass is 10.2. The van der Waals surface area contributed by atoms with Gasteiger partial charge in [-0.2, -0.15) is 5.10 Å². The first-order valence-corrected chi connectivity index (χ1v) is 11.8. The second-order valence-corrected chi connectivity index (χ2v) is 8.15. The number of hydrogen-bond acceptors (Lipinski definition) is 10. The van der Waals surface area contributed by atoms with Gasteiger partial charge in [0, 0.05) is 19.0 Å². The van der Waals surface area contributed by atoms with Gasteiger partial charge in [-0.25, -0.2) is 5.43 Å². The quantitative estimate of drug-likeness (QED) is 0.135. The molecular formula is C24H27N5O6S. The molecule has 1 N–H and O–H groups in total. The lowest BCUT2D eigenvalue weighted by Crippen LogP contribution is -2.20. The maximum absolute atomic E-state index is 12.3. The Morgan fingerprint density at radius 1 is 1.00 bits per heavy atom. The molecule has 0 aliphatic heterocycles. The molecule has 3 rings (SSSR count). The molecule has 1 heterocycles. The molecule has 1 amide bonds. The predicted molar refractivity (Wildman–Crippen MR) is 135 cm³/mol. The van der Waals surface area contributed by atoms with E-state index in [0.29, 0.717) is 46.1 Å². The van der Waals surface area contributed by atoms with Gasteiger partial charge < -0.3 is 23.5 Å². The molecule has 0 fully saturated rings. The van der Waals surface area contributed by atoms with Crippen LogP contribution < -0.4 is 24.4 Å². The summed E-state index contributed by atoms with van der Waals surface area (Å²) in [4.78, 5) is 23.5. The Hall–Kier alpha value is -4.06. The Morgan fingerprint density at radius 2 is 1.69 bits per heavy atom. The summed E-state index contributed by atoms with van der Waals surface area (Å²) in [6.07, 6.45) is 1.46. The first kappa shape index (κ1) is 26.5. The van der Waals surface area contributed by atoms with Crippen LogP contribution in [0.2, 0.25) is 0 Å². The minimum atomic E-state index is -0.450. The van der Waals surface area contributed by atoms with Gasteiger partial charge >= 0.3 is 5.97 Å². The van der Waals surface area contributed by atoms with Crippen molar-refractivity contribution in [1.82, 2.24) is 20.2 Å². The molecule has 0 radical (unpaired) electrons. The molecule has 3 aromatic rings. The molecule has 0 saturated heterocycles. The highest BCUT2D eigenvalue weighted by Crippen LogP contribution is 2.33. The van der Waals surface area contributed by atoms with E-state index in [1.54, 1.807) is 38.5 Å². The van der Waals surface area contributed by atoms with Crippen molar-refractivity contribution in [2.24, 2.45) is 5.10 Å². The number of rotatable bonds is 11. The molecule has 2 aromatic carbocycles. The van der Waals surface area contributed by atoms with E-state index in [1.807, 2.05) is 23.6 Å². The summed E-state index contributed by atoms with van der Waals surface area (Å²) in [5.74, 6) is 1.88. The number of hydrogen-bond donors (Lipinski definition) is 1. The number of ether oxygens (including phenoxy) is 4. The second kappa shape index (κ2) is 12.6. The summed E-state index contributed by atoms with van der Waals surface area (Å²) >= 11 is 1.25. The van der Waals surface area contributed by atoms with Gasteiger partial charge in [0.25, 0.3) is 5.91 Å². The molecule has 0 saturated carbocycles. The summed E-state index contributed by atoms with van der Waals surface area (Å²) in [6, 6.07) is 10.4. The number of thioether (sulfide) groups is 1. The van der Waals surface area contributed by atoms with Crippen LogP contribution in [-0.2, 0) is 16.1 Å². The van der Waals surface area contributed by atoms with Crippen LogP contribution in [-0.4, -0.2) is 59.9 Å². The van der Waals surface area contributed by atoms with Crippen LogP contribution in [0.4, 0.5) is 0 Å². The average molecular weight is 514 g/mol. The molecule has 36 heavy (non-hydrogen) atoms. The summed E-state index contributed by atoms with van der Waals surface area (Å²) < 4.78 is 22.9. The average Bonchev–Trinajstić information content (AvgIpc) is 3.30. The molecule has 11 nitrogen and oxygen atoms in total.